The van der Waals surface area contributed by atoms with Gasteiger partial charge in [0.15, 0.2) is 5.82 Å². The molecular weight excluding hydrogens is 366 g/mol. The highest BCUT2D eigenvalue weighted by Crippen LogP contribution is 2.30. The predicted octanol–water partition coefficient (Wildman–Crippen LogP) is 3.00. The molecule has 2 N–H and O–H groups in total. The van der Waals surface area contributed by atoms with E-state index in [-0.39, 0.29) is 12.4 Å². The summed E-state index contributed by atoms with van der Waals surface area (Å²) in [6.45, 7) is 4.47. The highest BCUT2D eigenvalue weighted by molar-refractivity contribution is 5.64. The standard InChI is InChI=1S/C22H25N5O2/c1-14-6-16(8-17-12-27(2)5-4-19(14)17)20-11-25-21(23)22(26-20)29-13-15-7-18(28-3)10-24-9-15/h6-11H,4-5,12-13H2,1-3H3,(H2,23,25). The summed E-state index contributed by atoms with van der Waals surface area (Å²) in [5, 5.41) is 0. The van der Waals surface area contributed by atoms with E-state index in [1.54, 1.807) is 25.7 Å². The van der Waals surface area contributed by atoms with Gasteiger partial charge < -0.3 is 20.1 Å². The van der Waals surface area contributed by atoms with Gasteiger partial charge in [-0.15, -0.1) is 0 Å². The van der Waals surface area contributed by atoms with E-state index < -0.39 is 0 Å². The minimum atomic E-state index is 0.263. The SMILES string of the molecule is COc1cncc(COc2nc(-c3cc(C)c4c(c3)CN(C)CC4)cnc2N)c1. The number of ether oxygens (including phenoxy) is 2. The number of pyridine rings is 1. The Morgan fingerprint density at radius 3 is 2.86 bits per heavy atom. The molecule has 1 aliphatic heterocycles. The third-order valence-corrected chi connectivity index (χ3v) is 5.19. The molecule has 150 valence electrons. The van der Waals surface area contributed by atoms with Crippen molar-refractivity contribution in [2.24, 2.45) is 0 Å². The molecule has 1 aliphatic rings. The third kappa shape index (κ3) is 4.14. The van der Waals surface area contributed by atoms with Crippen molar-refractivity contribution in [1.29, 1.82) is 0 Å². The van der Waals surface area contributed by atoms with Crippen LogP contribution < -0.4 is 15.2 Å². The van der Waals surface area contributed by atoms with E-state index in [2.05, 4.69) is 46.0 Å². The molecule has 1 aromatic carbocycles. The molecule has 0 radical (unpaired) electrons. The maximum Gasteiger partial charge on any atom is 0.258 e. The first kappa shape index (κ1) is 19.1. The van der Waals surface area contributed by atoms with Gasteiger partial charge in [0, 0.05) is 30.4 Å². The summed E-state index contributed by atoms with van der Waals surface area (Å²) in [7, 11) is 3.75. The molecule has 0 saturated carbocycles. The number of fused-ring (bicyclic) bond motifs is 1. The van der Waals surface area contributed by atoms with Crippen LogP contribution in [-0.4, -0.2) is 40.6 Å². The van der Waals surface area contributed by atoms with Crippen LogP contribution in [0.15, 0.2) is 36.8 Å². The summed E-state index contributed by atoms with van der Waals surface area (Å²) in [6, 6.07) is 6.23. The summed E-state index contributed by atoms with van der Waals surface area (Å²) < 4.78 is 11.0. The minimum absolute atomic E-state index is 0.263. The van der Waals surface area contributed by atoms with Gasteiger partial charge in [-0.3, -0.25) is 4.98 Å². The maximum absolute atomic E-state index is 6.00. The molecule has 7 heteroatoms. The lowest BCUT2D eigenvalue weighted by Crippen LogP contribution is -2.27. The largest absolute Gasteiger partial charge is 0.495 e. The molecule has 0 saturated heterocycles. The van der Waals surface area contributed by atoms with E-state index in [0.717, 1.165) is 36.3 Å². The zero-order valence-electron chi connectivity index (χ0n) is 17.0. The monoisotopic (exact) mass is 391 g/mol. The number of nitrogens with zero attached hydrogens (tertiary/aromatic N) is 4. The van der Waals surface area contributed by atoms with Gasteiger partial charge in [-0.05, 0) is 55.3 Å². The fraction of sp³-hybridized carbons (Fsp3) is 0.318. The molecule has 0 bridgehead atoms. The van der Waals surface area contributed by atoms with Gasteiger partial charge in [0.1, 0.15) is 12.4 Å². The molecule has 0 aliphatic carbocycles. The molecule has 7 nitrogen and oxygen atoms in total. The molecule has 4 rings (SSSR count). The quantitative estimate of drug-likeness (QED) is 0.715. The second kappa shape index (κ2) is 8.05. The fourth-order valence-electron chi connectivity index (χ4n) is 3.64. The molecule has 0 atom stereocenters. The van der Waals surface area contributed by atoms with E-state index in [1.807, 2.05) is 6.07 Å². The maximum atomic E-state index is 6.00. The third-order valence-electron chi connectivity index (χ3n) is 5.19. The number of nitrogens with two attached hydrogens (primary N) is 1. The lowest BCUT2D eigenvalue weighted by Gasteiger charge is -2.27. The van der Waals surface area contributed by atoms with Crippen molar-refractivity contribution in [2.45, 2.75) is 26.5 Å². The van der Waals surface area contributed by atoms with E-state index in [0.29, 0.717) is 11.6 Å². The van der Waals surface area contributed by atoms with Crippen LogP contribution in [0.1, 0.15) is 22.3 Å². The van der Waals surface area contributed by atoms with Gasteiger partial charge in [0.2, 0.25) is 0 Å². The number of methoxy groups -OCH3 is 1. The van der Waals surface area contributed by atoms with Crippen LogP contribution in [-0.2, 0) is 19.6 Å². The molecule has 0 fully saturated rings. The van der Waals surface area contributed by atoms with E-state index in [4.69, 9.17) is 15.2 Å². The number of likely N-dealkylation sites (N-methyl/N-ethyl adjacent to an activating group) is 1. The smallest absolute Gasteiger partial charge is 0.258 e. The van der Waals surface area contributed by atoms with Gasteiger partial charge in [-0.1, -0.05) is 0 Å². The summed E-state index contributed by atoms with van der Waals surface area (Å²) in [5.41, 5.74) is 12.7. The first-order chi connectivity index (χ1) is 14.0. The average Bonchev–Trinajstić information content (AvgIpc) is 2.73. The minimum Gasteiger partial charge on any atom is -0.495 e. The van der Waals surface area contributed by atoms with Crippen molar-refractivity contribution in [3.8, 4) is 22.9 Å². The second-order valence-corrected chi connectivity index (χ2v) is 7.39. The number of benzene rings is 1. The van der Waals surface area contributed by atoms with E-state index >= 15 is 0 Å². The van der Waals surface area contributed by atoms with Gasteiger partial charge in [0.05, 0.1) is 25.2 Å². The number of rotatable bonds is 5. The van der Waals surface area contributed by atoms with Crippen molar-refractivity contribution in [3.05, 3.63) is 59.0 Å². The van der Waals surface area contributed by atoms with Crippen molar-refractivity contribution in [2.75, 3.05) is 26.4 Å². The lowest BCUT2D eigenvalue weighted by atomic mass is 9.92. The van der Waals surface area contributed by atoms with Gasteiger partial charge in [-0.2, -0.15) is 0 Å². The zero-order chi connectivity index (χ0) is 20.4. The molecule has 3 heterocycles. The van der Waals surface area contributed by atoms with Crippen LogP contribution >= 0.6 is 0 Å². The summed E-state index contributed by atoms with van der Waals surface area (Å²) >= 11 is 0. The van der Waals surface area contributed by atoms with Crippen LogP contribution in [0, 0.1) is 6.92 Å². The fourth-order valence-corrected chi connectivity index (χ4v) is 3.64. The predicted molar refractivity (Wildman–Crippen MR) is 112 cm³/mol. The Morgan fingerprint density at radius 1 is 1.17 bits per heavy atom. The van der Waals surface area contributed by atoms with Crippen LogP contribution in [0.4, 0.5) is 5.82 Å². The molecule has 0 spiro atoms. The molecule has 0 amide bonds. The Labute approximate surface area is 170 Å². The summed E-state index contributed by atoms with van der Waals surface area (Å²) in [5.74, 6) is 1.25. The lowest BCUT2D eigenvalue weighted by molar-refractivity contribution is 0.293. The Bertz CT molecular complexity index is 1040. The number of hydrogen-bond acceptors (Lipinski definition) is 7. The van der Waals surface area contributed by atoms with Crippen molar-refractivity contribution in [1.82, 2.24) is 19.9 Å². The number of aryl methyl sites for hydroxylation is 1. The van der Waals surface area contributed by atoms with Gasteiger partial charge in [-0.25, -0.2) is 9.97 Å². The zero-order valence-corrected chi connectivity index (χ0v) is 17.0. The molecular formula is C22H25N5O2. The number of nitrogen functional groups attached to an aromatic ring is 1. The van der Waals surface area contributed by atoms with Gasteiger partial charge in [0.25, 0.3) is 5.88 Å². The Kier molecular flexibility index (Phi) is 5.31. The Hall–Kier alpha value is -3.19. The number of aromatic nitrogens is 3. The Morgan fingerprint density at radius 2 is 2.03 bits per heavy atom. The molecule has 2 aromatic heterocycles. The van der Waals surface area contributed by atoms with Crippen LogP contribution in [0.2, 0.25) is 0 Å². The number of hydrogen-bond donors (Lipinski definition) is 1. The first-order valence-electron chi connectivity index (χ1n) is 9.58. The van der Waals surface area contributed by atoms with Crippen molar-refractivity contribution in [3.63, 3.8) is 0 Å². The van der Waals surface area contributed by atoms with Crippen molar-refractivity contribution < 1.29 is 9.47 Å². The van der Waals surface area contributed by atoms with Crippen LogP contribution in [0.25, 0.3) is 11.3 Å². The second-order valence-electron chi connectivity index (χ2n) is 7.39. The van der Waals surface area contributed by atoms with Crippen LogP contribution in [0.3, 0.4) is 0 Å². The molecule has 0 unspecified atom stereocenters. The average molecular weight is 391 g/mol. The highest BCUT2D eigenvalue weighted by atomic mass is 16.5. The van der Waals surface area contributed by atoms with Crippen molar-refractivity contribution >= 4 is 5.82 Å². The normalized spacial score (nSPS) is 13.8. The summed E-state index contributed by atoms with van der Waals surface area (Å²) in [6.07, 6.45) is 6.14. The van der Waals surface area contributed by atoms with E-state index in [1.165, 1.54) is 16.7 Å². The molecule has 3 aromatic rings. The highest BCUT2D eigenvalue weighted by Gasteiger charge is 2.17. The number of anilines is 1. The summed E-state index contributed by atoms with van der Waals surface area (Å²) in [4.78, 5) is 15.4. The first-order valence-corrected chi connectivity index (χ1v) is 9.58. The Balaban J connectivity index is 1.60. The molecule has 29 heavy (non-hydrogen) atoms. The topological polar surface area (TPSA) is 86.4 Å². The van der Waals surface area contributed by atoms with Crippen LogP contribution in [0.5, 0.6) is 11.6 Å². The van der Waals surface area contributed by atoms with E-state index in [9.17, 15) is 0 Å². The van der Waals surface area contributed by atoms with Gasteiger partial charge >= 0.3 is 0 Å².